The van der Waals surface area contributed by atoms with Crippen LogP contribution in [0.15, 0.2) is 158 Å². The van der Waals surface area contributed by atoms with Crippen LogP contribution in [0.1, 0.15) is 95.2 Å². The SMILES string of the molecule is CC(C)(C)c1cc2c([c-]c1-c1ccccc1)Cc1cc(-c3ccccc3)c(C(C)(C)C)cc1-2.CC(C)([C](=[Zr+2])Cc1ccccc1)c1ccccc1.[C-]1=CC=CC1.[Cl-].[Cl-]. The Morgan fingerprint density at radius 1 is 0.586 bits per heavy atom. The fraction of sp³-hybridized carbons (Fsp3) is 0.255. The van der Waals surface area contributed by atoms with Crippen molar-refractivity contribution in [3.05, 3.63) is 203 Å². The molecule has 6 aromatic carbocycles. The van der Waals surface area contributed by atoms with E-state index in [1.165, 1.54) is 91.0 Å². The van der Waals surface area contributed by atoms with Crippen LogP contribution in [0.3, 0.4) is 0 Å². The Kier molecular flexibility index (Phi) is 16.5. The first-order valence-corrected chi connectivity index (χ1v) is 21.2. The Bertz CT molecular complexity index is 2190. The van der Waals surface area contributed by atoms with Gasteiger partial charge in [0.25, 0.3) is 0 Å². The number of fused-ring (bicyclic) bond motifs is 3. The molecule has 2 aliphatic rings. The fourth-order valence-corrected chi connectivity index (χ4v) is 8.35. The van der Waals surface area contributed by atoms with Crippen molar-refractivity contribution in [1.29, 1.82) is 0 Å². The second kappa shape index (κ2) is 20.4. The van der Waals surface area contributed by atoms with Crippen LogP contribution < -0.4 is 24.8 Å². The molecule has 58 heavy (non-hydrogen) atoms. The Balaban J connectivity index is 0.000000250. The van der Waals surface area contributed by atoms with Gasteiger partial charge in [0.2, 0.25) is 0 Å². The van der Waals surface area contributed by atoms with E-state index in [9.17, 15) is 0 Å². The van der Waals surface area contributed by atoms with Gasteiger partial charge in [-0.25, -0.2) is 12.2 Å². The summed E-state index contributed by atoms with van der Waals surface area (Å²) in [6, 6.07) is 54.4. The van der Waals surface area contributed by atoms with E-state index < -0.39 is 0 Å². The third kappa shape index (κ3) is 11.4. The minimum Gasteiger partial charge on any atom is -1.00 e. The van der Waals surface area contributed by atoms with E-state index in [-0.39, 0.29) is 41.1 Å². The summed E-state index contributed by atoms with van der Waals surface area (Å²) in [6.45, 7) is 18.6. The minimum absolute atomic E-state index is 0. The van der Waals surface area contributed by atoms with Gasteiger partial charge in [-0.2, -0.15) is 6.08 Å². The van der Waals surface area contributed by atoms with Crippen molar-refractivity contribution >= 4 is 3.21 Å². The van der Waals surface area contributed by atoms with Gasteiger partial charge in [-0.3, -0.25) is 6.08 Å². The molecule has 0 saturated carbocycles. The molecule has 6 aromatic rings. The van der Waals surface area contributed by atoms with E-state index in [4.69, 9.17) is 0 Å². The molecule has 0 amide bonds. The molecule has 0 heterocycles. The average Bonchev–Trinajstić information content (AvgIpc) is 3.90. The van der Waals surface area contributed by atoms with E-state index in [0.717, 1.165) is 19.3 Å². The van der Waals surface area contributed by atoms with Crippen molar-refractivity contribution in [1.82, 2.24) is 0 Å². The molecular weight excluding hydrogens is 823 g/mol. The molecular formula is C55H56Cl2Zr-2. The fourth-order valence-electron chi connectivity index (χ4n) is 7.49. The van der Waals surface area contributed by atoms with Gasteiger partial charge in [-0.05, 0) is 39.5 Å². The van der Waals surface area contributed by atoms with Crippen molar-refractivity contribution < 1.29 is 49.0 Å². The molecule has 296 valence electrons. The van der Waals surface area contributed by atoms with E-state index in [0.29, 0.717) is 0 Å². The first-order chi connectivity index (χ1) is 26.7. The molecule has 0 radical (unpaired) electrons. The van der Waals surface area contributed by atoms with Gasteiger partial charge in [0.1, 0.15) is 0 Å². The average molecular weight is 879 g/mol. The van der Waals surface area contributed by atoms with E-state index in [2.05, 4.69) is 213 Å². The van der Waals surface area contributed by atoms with E-state index in [1.54, 1.807) is 3.21 Å². The summed E-state index contributed by atoms with van der Waals surface area (Å²) in [4.78, 5) is 0. The Labute approximate surface area is 377 Å². The normalized spacial score (nSPS) is 12.4. The van der Waals surface area contributed by atoms with Crippen LogP contribution in [-0.4, -0.2) is 3.21 Å². The maximum absolute atomic E-state index is 3.88. The number of hydrogen-bond acceptors (Lipinski definition) is 0. The summed E-state index contributed by atoms with van der Waals surface area (Å²) in [5, 5.41) is 0. The molecule has 0 N–H and O–H groups in total. The molecule has 0 aliphatic heterocycles. The second-order valence-electron chi connectivity index (χ2n) is 17.5. The van der Waals surface area contributed by atoms with E-state index in [1.807, 2.05) is 12.2 Å². The summed E-state index contributed by atoms with van der Waals surface area (Å²) in [5.74, 6) is 0. The predicted molar refractivity (Wildman–Crippen MR) is 238 cm³/mol. The molecule has 2 aliphatic carbocycles. The van der Waals surface area contributed by atoms with Crippen LogP contribution in [-0.2, 0) is 53.3 Å². The molecule has 0 unspecified atom stereocenters. The molecule has 8 rings (SSSR count). The largest absolute Gasteiger partial charge is 1.00 e. The van der Waals surface area contributed by atoms with Gasteiger partial charge in [0, 0.05) is 0 Å². The topological polar surface area (TPSA) is 0 Å². The molecule has 0 atom stereocenters. The molecule has 0 aromatic heterocycles. The molecule has 0 saturated heterocycles. The van der Waals surface area contributed by atoms with Gasteiger partial charge < -0.3 is 24.8 Å². The summed E-state index contributed by atoms with van der Waals surface area (Å²) < 4.78 is 1.59. The summed E-state index contributed by atoms with van der Waals surface area (Å²) >= 11 is 1.53. The molecule has 0 bridgehead atoms. The Morgan fingerprint density at radius 3 is 1.60 bits per heavy atom. The van der Waals surface area contributed by atoms with Crippen molar-refractivity contribution in [3.63, 3.8) is 0 Å². The van der Waals surface area contributed by atoms with Gasteiger partial charge >= 0.3 is 125 Å². The van der Waals surface area contributed by atoms with Crippen LogP contribution >= 0.6 is 0 Å². The van der Waals surface area contributed by atoms with Crippen molar-refractivity contribution in [3.8, 4) is 33.4 Å². The smallest absolute Gasteiger partial charge is 0.109 e. The number of benzene rings is 6. The van der Waals surface area contributed by atoms with Crippen LogP contribution in [0.5, 0.6) is 0 Å². The zero-order chi connectivity index (χ0) is 39.9. The number of hydrogen-bond donors (Lipinski definition) is 0. The Morgan fingerprint density at radius 2 is 1.10 bits per heavy atom. The third-order valence-corrected chi connectivity index (χ3v) is 12.9. The van der Waals surface area contributed by atoms with Crippen molar-refractivity contribution in [2.75, 3.05) is 0 Å². The molecule has 0 fully saturated rings. The number of rotatable bonds is 6. The number of allylic oxidation sites excluding steroid dienone is 4. The van der Waals surface area contributed by atoms with Crippen LogP contribution in [0.25, 0.3) is 33.4 Å². The monoisotopic (exact) mass is 876 g/mol. The quantitative estimate of drug-likeness (QED) is 0.148. The zero-order valence-electron chi connectivity index (χ0n) is 35.4. The van der Waals surface area contributed by atoms with Gasteiger partial charge in [-0.1, -0.05) is 131 Å². The van der Waals surface area contributed by atoms with Gasteiger partial charge in [-0.15, -0.1) is 35.2 Å². The van der Waals surface area contributed by atoms with Gasteiger partial charge in [0.05, 0.1) is 0 Å². The summed E-state index contributed by atoms with van der Waals surface area (Å²) in [7, 11) is 0. The maximum atomic E-state index is 3.88. The zero-order valence-corrected chi connectivity index (χ0v) is 39.4. The first-order valence-electron chi connectivity index (χ1n) is 20.0. The van der Waals surface area contributed by atoms with Gasteiger partial charge in [0.15, 0.2) is 0 Å². The Hall–Kier alpha value is -3.87. The summed E-state index contributed by atoms with van der Waals surface area (Å²) in [6.07, 6.45) is 12.0. The first kappa shape index (κ1) is 46.8. The van der Waals surface area contributed by atoms with Crippen LogP contribution in [0.2, 0.25) is 0 Å². The number of halogens is 2. The van der Waals surface area contributed by atoms with Crippen molar-refractivity contribution in [2.24, 2.45) is 0 Å². The molecule has 3 heteroatoms. The van der Waals surface area contributed by atoms with Crippen LogP contribution in [0, 0.1) is 12.1 Å². The third-order valence-electron chi connectivity index (χ3n) is 10.9. The van der Waals surface area contributed by atoms with E-state index >= 15 is 0 Å². The second-order valence-corrected chi connectivity index (χ2v) is 19.0. The van der Waals surface area contributed by atoms with Crippen LogP contribution in [0.4, 0.5) is 0 Å². The molecule has 0 spiro atoms. The standard InChI is InChI=1S/C33H33.C17H18.C5H5.2ClH.Zr/c1-32(2,3)30-20-26-24(18-28(30)22-13-9-7-10-14-22)17-25-19-29(23-15-11-8-12-16-23)31(21-27(25)26)33(4,5)6;1-17(2,16-11-7-4-8-12-16)14-13-15-9-5-3-6-10-15;1-2-4-5-3-1;;;/h7-16,18,20-21H,17H2,1-6H3;3-12H,13H2,1-2H3;1-3H,4H2;2*1H;/q-1;;-1;;;+2/p-2. The predicted octanol–water partition coefficient (Wildman–Crippen LogP) is 8.23. The van der Waals surface area contributed by atoms with Crippen molar-refractivity contribution in [2.45, 2.75) is 90.9 Å². The minimum atomic E-state index is 0. The maximum Gasteiger partial charge on any atom is -0.109 e. The molecule has 0 nitrogen and oxygen atoms in total. The summed E-state index contributed by atoms with van der Waals surface area (Å²) in [5.41, 5.74) is 16.5.